The number of allylic oxidation sites excluding steroid dienone is 12. The van der Waals surface area contributed by atoms with Crippen LogP contribution in [-0.4, -0.2) is 66.5 Å². The van der Waals surface area contributed by atoms with Gasteiger partial charge < -0.3 is 24.2 Å². The van der Waals surface area contributed by atoms with Crippen molar-refractivity contribution in [2.75, 3.05) is 26.4 Å². The van der Waals surface area contributed by atoms with Crippen molar-refractivity contribution in [1.29, 1.82) is 0 Å². The Balaban J connectivity index is 4.77. The fourth-order valence-electron chi connectivity index (χ4n) is 7.74. The lowest BCUT2D eigenvalue weighted by Crippen LogP contribution is -2.30. The third kappa shape index (κ3) is 51.8. The van der Waals surface area contributed by atoms with Crippen molar-refractivity contribution in [3.8, 4) is 0 Å². The van der Waals surface area contributed by atoms with Crippen LogP contribution in [0.1, 0.15) is 252 Å². The summed E-state index contributed by atoms with van der Waals surface area (Å²) in [5.41, 5.74) is 0. The molecule has 0 aromatic carbocycles. The quantitative estimate of drug-likeness (QED) is 0.0197. The maximum Gasteiger partial charge on any atom is 0.472 e. The minimum absolute atomic E-state index is 0.138. The van der Waals surface area contributed by atoms with Crippen molar-refractivity contribution >= 4 is 25.7 Å². The number of hydrogen-bond donors (Lipinski definition) is 2. The minimum Gasteiger partial charge on any atom is -0.462 e. The van der Waals surface area contributed by atoms with Gasteiger partial charge in [0.2, 0.25) is 0 Å². The molecule has 0 radical (unpaired) electrons. The number of aliphatic hydroxyl groups excluding tert-OH is 1. The van der Waals surface area contributed by atoms with Crippen LogP contribution in [-0.2, 0) is 42.2 Å². The van der Waals surface area contributed by atoms with Gasteiger partial charge in [0.05, 0.1) is 19.8 Å². The highest BCUT2D eigenvalue weighted by Gasteiger charge is 2.28. The van der Waals surface area contributed by atoms with E-state index in [1.807, 2.05) is 0 Å². The second-order valence-electron chi connectivity index (χ2n) is 19.1. The normalized spacial score (nSPS) is 13.9. The average molecular weight is 1030 g/mol. The number of hydrogen-bond acceptors (Lipinski definition) is 10. The van der Waals surface area contributed by atoms with Gasteiger partial charge in [0.15, 0.2) is 6.10 Å². The van der Waals surface area contributed by atoms with E-state index in [0.29, 0.717) is 19.3 Å². The summed E-state index contributed by atoms with van der Waals surface area (Å²) >= 11 is 0. The molecule has 0 saturated carbocycles. The van der Waals surface area contributed by atoms with Crippen LogP contribution >= 0.6 is 7.82 Å². The van der Waals surface area contributed by atoms with E-state index in [-0.39, 0.29) is 25.9 Å². The van der Waals surface area contributed by atoms with Crippen LogP contribution < -0.4 is 0 Å². The van der Waals surface area contributed by atoms with Crippen LogP contribution in [0.3, 0.4) is 0 Å². The zero-order valence-corrected chi connectivity index (χ0v) is 46.8. The van der Waals surface area contributed by atoms with Gasteiger partial charge in [-0.1, -0.05) is 222 Å². The Morgan fingerprint density at radius 2 is 0.750 bits per heavy atom. The van der Waals surface area contributed by atoms with E-state index in [2.05, 4.69) is 93.7 Å². The fourth-order valence-corrected chi connectivity index (χ4v) is 8.52. The molecule has 3 atom stereocenters. The number of phosphoric acid groups is 1. The first-order valence-corrected chi connectivity index (χ1v) is 30.3. The van der Waals surface area contributed by atoms with Gasteiger partial charge in [-0.2, -0.15) is 0 Å². The van der Waals surface area contributed by atoms with Gasteiger partial charge in [0.25, 0.3) is 0 Å². The van der Waals surface area contributed by atoms with Crippen molar-refractivity contribution in [2.45, 2.75) is 264 Å². The maximum atomic E-state index is 12.9. The van der Waals surface area contributed by atoms with Gasteiger partial charge in [-0.25, -0.2) is 4.57 Å². The van der Waals surface area contributed by atoms with Crippen LogP contribution in [0.5, 0.6) is 0 Å². The standard InChI is InChI=1S/C60H105O11P/c1-4-7-10-13-16-19-22-25-27-28-30-33-36-39-42-45-48-51-60(64)71-57(53-67-58(62)49-46-43-40-37-34-32-29-26-23-20-17-14-11-8-5-2)55-69-72(65,66)68-54-56(52-61)70-59(63)50-47-44-41-38-35-31-24-21-18-15-12-9-6-3/h7,10,12,15-16,19,21,24-25,27,30,33,56-57,61H,4-6,8-9,11,13-14,17-18,20,22-23,26,28-29,31-32,34-55H2,1-3H3,(H,65,66)/b10-7-,15-12-,19-16-,24-21-,27-25-,33-30-. The van der Waals surface area contributed by atoms with Crippen LogP contribution in [0, 0.1) is 0 Å². The smallest absolute Gasteiger partial charge is 0.462 e. The average Bonchev–Trinajstić information content (AvgIpc) is 3.37. The molecule has 0 fully saturated rings. The molecular formula is C60H105O11P. The molecule has 0 aliphatic rings. The van der Waals surface area contributed by atoms with Crippen LogP contribution in [0.4, 0.5) is 0 Å². The Bertz CT molecular complexity index is 1490. The molecule has 3 unspecified atom stereocenters. The lowest BCUT2D eigenvalue weighted by molar-refractivity contribution is -0.161. The number of ether oxygens (including phenoxy) is 3. The number of rotatable bonds is 53. The van der Waals surface area contributed by atoms with E-state index >= 15 is 0 Å². The van der Waals surface area contributed by atoms with Crippen LogP contribution in [0.25, 0.3) is 0 Å². The molecule has 0 aliphatic carbocycles. The summed E-state index contributed by atoms with van der Waals surface area (Å²) in [6.45, 7) is 4.44. The Kier molecular flexibility index (Phi) is 51.9. The van der Waals surface area contributed by atoms with Gasteiger partial charge in [-0.05, 0) is 83.5 Å². The Labute approximate surface area is 439 Å². The van der Waals surface area contributed by atoms with Crippen molar-refractivity contribution < 1.29 is 52.2 Å². The van der Waals surface area contributed by atoms with Crippen molar-refractivity contribution in [3.05, 3.63) is 72.9 Å². The SMILES string of the molecule is CC/C=C\C/C=C\C/C=C\C/C=C\CCCCCCC(=O)OC(COC(=O)CCCCCCCCCCCCCCCCC)COP(=O)(O)OCC(CO)OC(=O)CCCCCCC/C=C\C/C=C\CCC. The Morgan fingerprint density at radius 1 is 0.403 bits per heavy atom. The van der Waals surface area contributed by atoms with Crippen LogP contribution in [0.2, 0.25) is 0 Å². The van der Waals surface area contributed by atoms with Gasteiger partial charge in [0.1, 0.15) is 12.7 Å². The van der Waals surface area contributed by atoms with E-state index in [0.717, 1.165) is 116 Å². The molecule has 2 N–H and O–H groups in total. The summed E-state index contributed by atoms with van der Waals surface area (Å²) < 4.78 is 39.5. The second kappa shape index (κ2) is 54.2. The fraction of sp³-hybridized carbons (Fsp3) is 0.750. The second-order valence-corrected chi connectivity index (χ2v) is 20.5. The number of esters is 3. The first kappa shape index (κ1) is 68.9. The van der Waals surface area contributed by atoms with Crippen molar-refractivity contribution in [3.63, 3.8) is 0 Å². The molecule has 0 rings (SSSR count). The summed E-state index contributed by atoms with van der Waals surface area (Å²) in [7, 11) is -4.76. The Morgan fingerprint density at radius 3 is 1.17 bits per heavy atom. The molecule has 416 valence electrons. The summed E-state index contributed by atoms with van der Waals surface area (Å²) in [5.74, 6) is -1.50. The zero-order chi connectivity index (χ0) is 52.7. The molecule has 0 heterocycles. The molecule has 0 aromatic rings. The molecule has 0 spiro atoms. The lowest BCUT2D eigenvalue weighted by Gasteiger charge is -2.21. The highest BCUT2D eigenvalue weighted by atomic mass is 31.2. The topological polar surface area (TPSA) is 155 Å². The summed E-state index contributed by atoms with van der Waals surface area (Å²) in [6.07, 6.45) is 60.0. The molecule has 0 bridgehead atoms. The van der Waals surface area contributed by atoms with Crippen molar-refractivity contribution in [2.24, 2.45) is 0 Å². The largest absolute Gasteiger partial charge is 0.472 e. The molecule has 0 amide bonds. The predicted octanol–water partition coefficient (Wildman–Crippen LogP) is 16.9. The first-order chi connectivity index (χ1) is 35.2. The molecule has 11 nitrogen and oxygen atoms in total. The monoisotopic (exact) mass is 1030 g/mol. The third-order valence-corrected chi connectivity index (χ3v) is 13.0. The molecule has 12 heteroatoms. The van der Waals surface area contributed by atoms with E-state index in [1.165, 1.54) is 77.0 Å². The number of unbranched alkanes of at least 4 members (excludes halogenated alkanes) is 24. The number of aliphatic hydroxyl groups is 1. The molecule has 0 saturated heterocycles. The third-order valence-electron chi connectivity index (χ3n) is 12.1. The van der Waals surface area contributed by atoms with E-state index in [4.69, 9.17) is 23.3 Å². The van der Waals surface area contributed by atoms with Crippen molar-refractivity contribution in [1.82, 2.24) is 0 Å². The van der Waals surface area contributed by atoms with Gasteiger partial charge >= 0.3 is 25.7 Å². The highest BCUT2D eigenvalue weighted by Crippen LogP contribution is 2.43. The predicted molar refractivity (Wildman–Crippen MR) is 298 cm³/mol. The van der Waals surface area contributed by atoms with E-state index in [9.17, 15) is 28.9 Å². The van der Waals surface area contributed by atoms with E-state index in [1.54, 1.807) is 0 Å². The number of carbonyl (C=O) groups is 3. The van der Waals surface area contributed by atoms with Crippen LogP contribution in [0.15, 0.2) is 72.9 Å². The van der Waals surface area contributed by atoms with Gasteiger partial charge in [-0.3, -0.25) is 23.4 Å². The summed E-state index contributed by atoms with van der Waals surface area (Å²) in [5, 5.41) is 9.80. The molecular weight excluding hydrogens is 928 g/mol. The Hall–Kier alpha value is -3.08. The van der Waals surface area contributed by atoms with E-state index < -0.39 is 57.8 Å². The summed E-state index contributed by atoms with van der Waals surface area (Å²) in [4.78, 5) is 48.5. The molecule has 72 heavy (non-hydrogen) atoms. The number of carbonyl (C=O) groups excluding carboxylic acids is 3. The zero-order valence-electron chi connectivity index (χ0n) is 45.9. The van der Waals surface area contributed by atoms with Gasteiger partial charge in [-0.15, -0.1) is 0 Å². The first-order valence-electron chi connectivity index (χ1n) is 28.8. The molecule has 0 aromatic heterocycles. The lowest BCUT2D eigenvalue weighted by atomic mass is 10.0. The van der Waals surface area contributed by atoms with Gasteiger partial charge in [0, 0.05) is 19.3 Å². The number of phosphoric ester groups is 1. The highest BCUT2D eigenvalue weighted by molar-refractivity contribution is 7.47. The molecule has 0 aliphatic heterocycles. The summed E-state index contributed by atoms with van der Waals surface area (Å²) in [6, 6.07) is 0. The maximum absolute atomic E-state index is 12.9. The minimum atomic E-state index is -4.76.